The summed E-state index contributed by atoms with van der Waals surface area (Å²) in [5, 5.41) is 5.83. The molecule has 1 unspecified atom stereocenters. The summed E-state index contributed by atoms with van der Waals surface area (Å²) in [6.45, 7) is 9.02. The fourth-order valence-electron chi connectivity index (χ4n) is 3.52. The van der Waals surface area contributed by atoms with Crippen molar-refractivity contribution in [3.05, 3.63) is 29.8 Å². The average Bonchev–Trinajstić information content (AvgIpc) is 2.96. The zero-order valence-electron chi connectivity index (χ0n) is 16.4. The number of nitrogens with one attached hydrogen (secondary N) is 2. The first-order chi connectivity index (χ1) is 13.5. The van der Waals surface area contributed by atoms with Crippen LogP contribution in [-0.2, 0) is 9.59 Å². The first-order valence-corrected chi connectivity index (χ1v) is 10.7. The highest BCUT2D eigenvalue weighted by Crippen LogP contribution is 2.34. The zero-order valence-corrected chi connectivity index (χ0v) is 17.3. The van der Waals surface area contributed by atoms with E-state index in [1.807, 2.05) is 32.0 Å². The molecule has 0 aliphatic carbocycles. The number of amides is 3. The van der Waals surface area contributed by atoms with Gasteiger partial charge in [-0.3, -0.25) is 24.2 Å². The molecule has 3 rings (SSSR count). The number of nitrogens with zero attached hydrogens (tertiary/aromatic N) is 2. The van der Waals surface area contributed by atoms with Gasteiger partial charge in [0.05, 0.1) is 10.8 Å². The van der Waals surface area contributed by atoms with E-state index in [-0.39, 0.29) is 30.2 Å². The fraction of sp³-hybridized carbons (Fsp3) is 0.550. The lowest BCUT2D eigenvalue weighted by Crippen LogP contribution is -2.46. The summed E-state index contributed by atoms with van der Waals surface area (Å²) in [6, 6.07) is 7.13. The largest absolute Gasteiger partial charge is 0.351 e. The van der Waals surface area contributed by atoms with Gasteiger partial charge in [-0.15, -0.1) is 11.8 Å². The van der Waals surface area contributed by atoms with Crippen LogP contribution in [0.15, 0.2) is 29.2 Å². The van der Waals surface area contributed by atoms with Crippen molar-refractivity contribution in [2.75, 3.05) is 39.3 Å². The summed E-state index contributed by atoms with van der Waals surface area (Å²) in [5.41, 5.74) is 0.552. The number of hydrogen-bond donors (Lipinski definition) is 2. The number of imide groups is 1. The van der Waals surface area contributed by atoms with E-state index < -0.39 is 5.25 Å². The van der Waals surface area contributed by atoms with Crippen molar-refractivity contribution < 1.29 is 14.4 Å². The van der Waals surface area contributed by atoms with E-state index in [2.05, 4.69) is 15.5 Å². The van der Waals surface area contributed by atoms with Gasteiger partial charge in [-0.1, -0.05) is 12.1 Å². The minimum Gasteiger partial charge on any atom is -0.351 e. The Morgan fingerprint density at radius 2 is 1.96 bits per heavy atom. The first-order valence-electron chi connectivity index (χ1n) is 9.80. The molecule has 28 heavy (non-hydrogen) atoms. The summed E-state index contributed by atoms with van der Waals surface area (Å²) < 4.78 is 0. The molecule has 1 atom stereocenters. The molecule has 2 fully saturated rings. The van der Waals surface area contributed by atoms with E-state index in [1.54, 1.807) is 6.07 Å². The van der Waals surface area contributed by atoms with E-state index in [0.29, 0.717) is 12.1 Å². The Morgan fingerprint density at radius 1 is 1.25 bits per heavy atom. The third-order valence-corrected chi connectivity index (χ3v) is 6.24. The van der Waals surface area contributed by atoms with Gasteiger partial charge in [-0.05, 0) is 26.0 Å². The number of benzene rings is 1. The molecule has 152 valence electrons. The molecule has 0 bridgehead atoms. The summed E-state index contributed by atoms with van der Waals surface area (Å²) >= 11 is 1.31. The molecule has 2 heterocycles. The normalized spacial score (nSPS) is 20.8. The van der Waals surface area contributed by atoms with Gasteiger partial charge in [0.1, 0.15) is 0 Å². The van der Waals surface area contributed by atoms with Crippen molar-refractivity contribution in [3.63, 3.8) is 0 Å². The van der Waals surface area contributed by atoms with Crippen molar-refractivity contribution >= 4 is 29.5 Å². The van der Waals surface area contributed by atoms with Crippen LogP contribution >= 0.6 is 11.8 Å². The van der Waals surface area contributed by atoms with Crippen LogP contribution in [0.2, 0.25) is 0 Å². The van der Waals surface area contributed by atoms with Crippen LogP contribution in [-0.4, -0.2) is 78.1 Å². The molecule has 1 aromatic rings. The molecule has 2 aliphatic heterocycles. The molecule has 0 spiro atoms. The van der Waals surface area contributed by atoms with Crippen molar-refractivity contribution in [2.24, 2.45) is 0 Å². The molecule has 8 heteroatoms. The topological polar surface area (TPSA) is 81.8 Å². The number of carbonyl (C=O) groups excluding carboxylic acids is 3. The van der Waals surface area contributed by atoms with Crippen LogP contribution < -0.4 is 10.6 Å². The zero-order chi connectivity index (χ0) is 20.1. The maximum absolute atomic E-state index is 12.7. The fourth-order valence-corrected chi connectivity index (χ4v) is 4.72. The van der Waals surface area contributed by atoms with E-state index in [9.17, 15) is 14.4 Å². The lowest BCUT2D eigenvalue weighted by molar-refractivity contribution is -0.140. The predicted molar refractivity (Wildman–Crippen MR) is 109 cm³/mol. The third-order valence-electron chi connectivity index (χ3n) is 4.98. The Labute approximate surface area is 170 Å². The minimum atomic E-state index is -0.468. The maximum atomic E-state index is 12.7. The minimum absolute atomic E-state index is 0.143. The van der Waals surface area contributed by atoms with Crippen LogP contribution in [0.4, 0.5) is 0 Å². The highest BCUT2D eigenvalue weighted by Gasteiger charge is 2.40. The number of thioether (sulfide) groups is 1. The second-order valence-corrected chi connectivity index (χ2v) is 8.59. The molecule has 0 aromatic heterocycles. The van der Waals surface area contributed by atoms with Crippen LogP contribution in [0.3, 0.4) is 0 Å². The molecule has 7 nitrogen and oxygen atoms in total. The second-order valence-electron chi connectivity index (χ2n) is 7.35. The van der Waals surface area contributed by atoms with Crippen molar-refractivity contribution in [1.82, 2.24) is 20.4 Å². The smallest absolute Gasteiger partial charge is 0.252 e. The number of carbonyl (C=O) groups is 3. The summed E-state index contributed by atoms with van der Waals surface area (Å²) in [5.74, 6) is -0.454. The molecule has 0 saturated carbocycles. The summed E-state index contributed by atoms with van der Waals surface area (Å²) in [4.78, 5) is 41.8. The van der Waals surface area contributed by atoms with E-state index in [4.69, 9.17) is 0 Å². The van der Waals surface area contributed by atoms with E-state index in [1.165, 1.54) is 16.7 Å². The van der Waals surface area contributed by atoms with Gasteiger partial charge in [0.25, 0.3) is 5.91 Å². The molecule has 3 amide bonds. The second kappa shape index (κ2) is 9.54. The molecular weight excluding hydrogens is 376 g/mol. The van der Waals surface area contributed by atoms with Gasteiger partial charge in [-0.2, -0.15) is 0 Å². The Bertz CT molecular complexity index is 734. The van der Waals surface area contributed by atoms with Crippen LogP contribution in [0, 0.1) is 0 Å². The molecule has 2 saturated heterocycles. The van der Waals surface area contributed by atoms with Crippen LogP contribution in [0.1, 0.15) is 30.6 Å². The maximum Gasteiger partial charge on any atom is 0.252 e. The Kier molecular flexibility index (Phi) is 7.09. The van der Waals surface area contributed by atoms with Crippen molar-refractivity contribution in [1.29, 1.82) is 0 Å². The molecule has 0 radical (unpaired) electrons. The predicted octanol–water partition coefficient (Wildman–Crippen LogP) is 0.950. The quantitative estimate of drug-likeness (QED) is 0.659. The number of piperazine rings is 1. The van der Waals surface area contributed by atoms with Crippen LogP contribution in [0.5, 0.6) is 0 Å². The van der Waals surface area contributed by atoms with Crippen molar-refractivity contribution in [3.8, 4) is 0 Å². The SMILES string of the molecule is CC(C)N1C(=O)CC(Sc2ccccc2C(=O)NCCN2CCNCC2)C1=O. The lowest BCUT2D eigenvalue weighted by Gasteiger charge is -2.27. The molecule has 1 aromatic carbocycles. The van der Waals surface area contributed by atoms with Crippen LogP contribution in [0.25, 0.3) is 0 Å². The van der Waals surface area contributed by atoms with Gasteiger partial charge in [0.2, 0.25) is 11.8 Å². The van der Waals surface area contributed by atoms with Gasteiger partial charge >= 0.3 is 0 Å². The number of hydrogen-bond acceptors (Lipinski definition) is 6. The Balaban J connectivity index is 1.60. The van der Waals surface area contributed by atoms with E-state index in [0.717, 1.165) is 37.6 Å². The van der Waals surface area contributed by atoms with Gasteiger partial charge < -0.3 is 10.6 Å². The monoisotopic (exact) mass is 404 g/mol. The molecular formula is C20H28N4O3S. The summed E-state index contributed by atoms with van der Waals surface area (Å²) in [7, 11) is 0. The van der Waals surface area contributed by atoms with Crippen molar-refractivity contribution in [2.45, 2.75) is 36.5 Å². The third kappa shape index (κ3) is 4.92. The van der Waals surface area contributed by atoms with E-state index >= 15 is 0 Å². The highest BCUT2D eigenvalue weighted by molar-refractivity contribution is 8.00. The Morgan fingerprint density at radius 3 is 2.64 bits per heavy atom. The highest BCUT2D eigenvalue weighted by atomic mass is 32.2. The summed E-state index contributed by atoms with van der Waals surface area (Å²) in [6.07, 6.45) is 0.181. The Hall–Kier alpha value is -1.90. The molecule has 2 N–H and O–H groups in total. The number of likely N-dealkylation sites (tertiary alicyclic amines) is 1. The van der Waals surface area contributed by atoms with Gasteiger partial charge in [0, 0.05) is 56.6 Å². The first kappa shape index (κ1) is 20.8. The standard InChI is InChI=1S/C20H28N4O3S/c1-14(2)24-18(25)13-17(20(24)27)28-16-6-4-3-5-15(16)19(26)22-9-12-23-10-7-21-8-11-23/h3-6,14,17,21H,7-13H2,1-2H3,(H,22,26). The average molecular weight is 405 g/mol. The van der Waals surface area contributed by atoms with Gasteiger partial charge in [-0.25, -0.2) is 0 Å². The number of rotatable bonds is 7. The lowest BCUT2D eigenvalue weighted by atomic mass is 10.2. The molecule has 2 aliphatic rings. The van der Waals surface area contributed by atoms with Gasteiger partial charge in [0.15, 0.2) is 0 Å².